The van der Waals surface area contributed by atoms with E-state index in [1.807, 2.05) is 25.6 Å². The molecule has 0 amide bonds. The van der Waals surface area contributed by atoms with Gasteiger partial charge in [-0.3, -0.25) is 14.4 Å². The van der Waals surface area contributed by atoms with Crippen LogP contribution in [-0.4, -0.2) is 26.7 Å². The first-order valence-electron chi connectivity index (χ1n) is 9.11. The molecule has 0 saturated carbocycles. The predicted octanol–water partition coefficient (Wildman–Crippen LogP) is 3.99. The highest BCUT2D eigenvalue weighted by molar-refractivity contribution is 5.70. The Kier molecular flexibility index (Phi) is 6.24. The van der Waals surface area contributed by atoms with Gasteiger partial charge in [-0.1, -0.05) is 12.1 Å². The molecule has 0 aliphatic heterocycles. The monoisotopic (exact) mass is 357 g/mol. The fourth-order valence-electron chi connectivity index (χ4n) is 3.34. The summed E-state index contributed by atoms with van der Waals surface area (Å²) in [5, 5.41) is 4.54. The topological polar surface area (TPSA) is 47.4 Å². The van der Waals surface area contributed by atoms with Crippen LogP contribution in [0.5, 0.6) is 5.75 Å². The Morgan fingerprint density at radius 3 is 2.15 bits per heavy atom. The number of aromatic nitrogens is 2. The van der Waals surface area contributed by atoms with Crippen molar-refractivity contribution in [2.75, 3.05) is 0 Å². The quantitative estimate of drug-likeness (QED) is 0.579. The smallest absolute Gasteiger partial charge is 0.308 e. The third kappa shape index (κ3) is 4.52. The predicted molar refractivity (Wildman–Crippen MR) is 104 cm³/mol. The minimum Gasteiger partial charge on any atom is -0.426 e. The molecule has 0 atom stereocenters. The van der Waals surface area contributed by atoms with Gasteiger partial charge in [0.1, 0.15) is 5.75 Å². The molecule has 0 fully saturated rings. The summed E-state index contributed by atoms with van der Waals surface area (Å²) in [7, 11) is 1.99. The lowest BCUT2D eigenvalue weighted by molar-refractivity contribution is -0.131. The summed E-state index contributed by atoms with van der Waals surface area (Å²) in [4.78, 5) is 13.7. The third-order valence-electron chi connectivity index (χ3n) is 4.90. The van der Waals surface area contributed by atoms with E-state index in [1.165, 1.54) is 23.7 Å². The molecule has 1 aromatic heterocycles. The van der Waals surface area contributed by atoms with Crippen LogP contribution in [-0.2, 0) is 24.9 Å². The number of ether oxygens (including phenoxy) is 1. The lowest BCUT2D eigenvalue weighted by atomic mass is 10.0. The van der Waals surface area contributed by atoms with Crippen LogP contribution in [0, 0.1) is 27.7 Å². The summed E-state index contributed by atoms with van der Waals surface area (Å²) in [6.07, 6.45) is 0. The Labute approximate surface area is 157 Å². The lowest BCUT2D eigenvalue weighted by Gasteiger charge is -2.27. The molecule has 26 heavy (non-hydrogen) atoms. The SMILES string of the molecule is CC(=O)Oc1c(C)cc(CN(Cc2c(C)nn(C)c2C)C(C)C)cc1C. The van der Waals surface area contributed by atoms with Gasteiger partial charge in [0.2, 0.25) is 0 Å². The van der Waals surface area contributed by atoms with E-state index in [4.69, 9.17) is 4.74 Å². The van der Waals surface area contributed by atoms with Gasteiger partial charge in [-0.15, -0.1) is 0 Å². The molecule has 0 aliphatic rings. The second kappa shape index (κ2) is 8.04. The second-order valence-electron chi connectivity index (χ2n) is 7.42. The minimum absolute atomic E-state index is 0.282. The van der Waals surface area contributed by atoms with Gasteiger partial charge in [-0.05, 0) is 58.2 Å². The van der Waals surface area contributed by atoms with Crippen LogP contribution in [0.4, 0.5) is 0 Å². The molecule has 5 nitrogen and oxygen atoms in total. The average molecular weight is 357 g/mol. The van der Waals surface area contributed by atoms with Crippen LogP contribution < -0.4 is 4.74 Å². The van der Waals surface area contributed by atoms with Gasteiger partial charge in [0.15, 0.2) is 0 Å². The largest absolute Gasteiger partial charge is 0.426 e. The summed E-state index contributed by atoms with van der Waals surface area (Å²) in [5.74, 6) is 0.395. The van der Waals surface area contributed by atoms with Gasteiger partial charge < -0.3 is 4.74 Å². The van der Waals surface area contributed by atoms with E-state index in [0.29, 0.717) is 11.8 Å². The number of nitrogens with zero attached hydrogens (tertiary/aromatic N) is 3. The molecule has 5 heteroatoms. The number of carbonyl (C=O) groups is 1. The van der Waals surface area contributed by atoms with Crippen molar-refractivity contribution in [2.45, 2.75) is 67.6 Å². The van der Waals surface area contributed by atoms with E-state index < -0.39 is 0 Å². The highest BCUT2D eigenvalue weighted by Crippen LogP contribution is 2.27. The number of carbonyl (C=O) groups excluding carboxylic acids is 1. The van der Waals surface area contributed by atoms with Crippen molar-refractivity contribution < 1.29 is 9.53 Å². The molecule has 0 aliphatic carbocycles. The molecule has 0 spiro atoms. The zero-order valence-electron chi connectivity index (χ0n) is 17.3. The van der Waals surface area contributed by atoms with Crippen molar-refractivity contribution in [3.05, 3.63) is 45.8 Å². The normalized spacial score (nSPS) is 11.5. The highest BCUT2D eigenvalue weighted by atomic mass is 16.5. The van der Waals surface area contributed by atoms with Crippen molar-refractivity contribution >= 4 is 5.97 Å². The van der Waals surface area contributed by atoms with Gasteiger partial charge >= 0.3 is 5.97 Å². The maximum absolute atomic E-state index is 11.3. The van der Waals surface area contributed by atoms with Crippen LogP contribution in [0.2, 0.25) is 0 Å². The van der Waals surface area contributed by atoms with E-state index in [-0.39, 0.29) is 5.97 Å². The summed E-state index contributed by atoms with van der Waals surface area (Å²) in [6, 6.07) is 4.63. The minimum atomic E-state index is -0.282. The van der Waals surface area contributed by atoms with Gasteiger partial charge in [0, 0.05) is 44.4 Å². The van der Waals surface area contributed by atoms with Crippen molar-refractivity contribution in [1.29, 1.82) is 0 Å². The van der Waals surface area contributed by atoms with Gasteiger partial charge in [-0.2, -0.15) is 5.10 Å². The van der Waals surface area contributed by atoms with E-state index in [1.54, 1.807) is 0 Å². The fourth-order valence-corrected chi connectivity index (χ4v) is 3.34. The molecule has 142 valence electrons. The Balaban J connectivity index is 2.26. The average Bonchev–Trinajstić information content (AvgIpc) is 2.76. The Bertz CT molecular complexity index is 783. The first-order valence-corrected chi connectivity index (χ1v) is 9.11. The Morgan fingerprint density at radius 1 is 1.15 bits per heavy atom. The number of hydrogen-bond acceptors (Lipinski definition) is 4. The fraction of sp³-hybridized carbons (Fsp3) is 0.524. The standard InChI is InChI=1S/C21H31N3O2/c1-13(2)24(12-20-16(5)22-23(8)17(20)6)11-19-9-14(3)21(15(4)10-19)26-18(7)25/h9-10,13H,11-12H2,1-8H3. The molecule has 0 saturated heterocycles. The highest BCUT2D eigenvalue weighted by Gasteiger charge is 2.18. The van der Waals surface area contributed by atoms with Crippen molar-refractivity contribution in [3.8, 4) is 5.75 Å². The van der Waals surface area contributed by atoms with Gasteiger partial charge in [-0.25, -0.2) is 0 Å². The summed E-state index contributed by atoms with van der Waals surface area (Å²) in [6.45, 7) is 15.8. The van der Waals surface area contributed by atoms with Crippen LogP contribution in [0.15, 0.2) is 12.1 Å². The first kappa shape index (κ1) is 20.2. The van der Waals surface area contributed by atoms with Gasteiger partial charge in [0.05, 0.1) is 5.69 Å². The Morgan fingerprint density at radius 2 is 1.73 bits per heavy atom. The second-order valence-corrected chi connectivity index (χ2v) is 7.42. The molecule has 2 rings (SSSR count). The molecule has 0 bridgehead atoms. The molecule has 1 heterocycles. The number of aryl methyl sites for hydroxylation is 4. The summed E-state index contributed by atoms with van der Waals surface area (Å²) < 4.78 is 7.30. The van der Waals surface area contributed by atoms with Gasteiger partial charge in [0.25, 0.3) is 0 Å². The zero-order chi connectivity index (χ0) is 19.6. The number of benzene rings is 1. The van der Waals surface area contributed by atoms with E-state index in [2.05, 4.69) is 49.8 Å². The van der Waals surface area contributed by atoms with E-state index in [0.717, 1.165) is 29.9 Å². The molecule has 0 radical (unpaired) electrons. The molecule has 0 unspecified atom stereocenters. The first-order chi connectivity index (χ1) is 12.1. The molecule has 0 N–H and O–H groups in total. The van der Waals surface area contributed by atoms with Crippen molar-refractivity contribution in [2.24, 2.45) is 7.05 Å². The maximum Gasteiger partial charge on any atom is 0.308 e. The van der Waals surface area contributed by atoms with Crippen LogP contribution in [0.1, 0.15) is 54.4 Å². The van der Waals surface area contributed by atoms with Crippen LogP contribution in [0.3, 0.4) is 0 Å². The van der Waals surface area contributed by atoms with Crippen LogP contribution in [0.25, 0.3) is 0 Å². The van der Waals surface area contributed by atoms with E-state index in [9.17, 15) is 4.79 Å². The molecular weight excluding hydrogens is 326 g/mol. The molecular formula is C21H31N3O2. The molecule has 2 aromatic rings. The molecule has 1 aromatic carbocycles. The zero-order valence-corrected chi connectivity index (χ0v) is 17.3. The van der Waals surface area contributed by atoms with Crippen molar-refractivity contribution in [3.63, 3.8) is 0 Å². The summed E-state index contributed by atoms with van der Waals surface area (Å²) >= 11 is 0. The Hall–Kier alpha value is -2.14. The third-order valence-corrected chi connectivity index (χ3v) is 4.90. The lowest BCUT2D eigenvalue weighted by Crippen LogP contribution is -2.30. The number of hydrogen-bond donors (Lipinski definition) is 0. The van der Waals surface area contributed by atoms with Crippen molar-refractivity contribution in [1.82, 2.24) is 14.7 Å². The number of rotatable bonds is 6. The number of esters is 1. The van der Waals surface area contributed by atoms with Crippen LogP contribution >= 0.6 is 0 Å². The maximum atomic E-state index is 11.3. The summed E-state index contributed by atoms with van der Waals surface area (Å²) in [5.41, 5.74) is 6.81. The van der Waals surface area contributed by atoms with E-state index >= 15 is 0 Å².